The highest BCUT2D eigenvalue weighted by Gasteiger charge is 2.21. The summed E-state index contributed by atoms with van der Waals surface area (Å²) in [6.07, 6.45) is 0. The van der Waals surface area contributed by atoms with Gasteiger partial charge in [0.25, 0.3) is 0 Å². The number of nitrogens with zero attached hydrogens (tertiary/aromatic N) is 1. The van der Waals surface area contributed by atoms with E-state index in [0.29, 0.717) is 21.3 Å². The maximum absolute atomic E-state index is 9.95. The minimum absolute atomic E-state index is 0.391. The lowest BCUT2D eigenvalue weighted by atomic mass is 9.97. The number of hydrogen-bond donors (Lipinski definition) is 1. The topological polar surface area (TPSA) is 33.1 Å². The average molecular weight is 256 g/mol. The Morgan fingerprint density at radius 2 is 1.75 bits per heavy atom. The Hall–Kier alpha value is -0.830. The molecule has 0 saturated carbocycles. The summed E-state index contributed by atoms with van der Waals surface area (Å²) in [5.41, 5.74) is 0.278. The van der Waals surface area contributed by atoms with Crippen LogP contribution >= 0.6 is 23.2 Å². The van der Waals surface area contributed by atoms with Crippen LogP contribution in [0.5, 0.6) is 0 Å². The molecular weight excluding hydrogens is 245 g/mol. The van der Waals surface area contributed by atoms with Crippen LogP contribution in [0.15, 0.2) is 24.3 Å². The Labute approximate surface area is 104 Å². The van der Waals surface area contributed by atoms with Crippen LogP contribution in [0.1, 0.15) is 19.4 Å². The molecule has 1 heterocycles. The first kappa shape index (κ1) is 11.6. The SMILES string of the molecule is CC(C)(O)c1ccc2ccc(Cl)nc2c1Cl. The van der Waals surface area contributed by atoms with Gasteiger partial charge in [0.1, 0.15) is 5.15 Å². The number of halogens is 2. The van der Waals surface area contributed by atoms with Crippen LogP contribution in [0.2, 0.25) is 10.2 Å². The molecule has 0 radical (unpaired) electrons. The molecule has 1 aromatic carbocycles. The summed E-state index contributed by atoms with van der Waals surface area (Å²) in [5.74, 6) is 0. The lowest BCUT2D eigenvalue weighted by Crippen LogP contribution is -2.16. The van der Waals surface area contributed by atoms with Crippen molar-refractivity contribution >= 4 is 34.1 Å². The second kappa shape index (κ2) is 3.88. The monoisotopic (exact) mass is 255 g/mol. The van der Waals surface area contributed by atoms with E-state index in [4.69, 9.17) is 23.2 Å². The van der Waals surface area contributed by atoms with Crippen LogP contribution < -0.4 is 0 Å². The molecule has 84 valence electrons. The molecule has 0 amide bonds. The Morgan fingerprint density at radius 3 is 2.38 bits per heavy atom. The smallest absolute Gasteiger partial charge is 0.129 e. The average Bonchev–Trinajstić information content (AvgIpc) is 2.17. The molecule has 0 spiro atoms. The summed E-state index contributed by atoms with van der Waals surface area (Å²) in [5, 5.41) is 11.7. The van der Waals surface area contributed by atoms with Crippen LogP contribution in [0.4, 0.5) is 0 Å². The molecule has 0 aliphatic heterocycles. The van der Waals surface area contributed by atoms with Crippen LogP contribution in [0.3, 0.4) is 0 Å². The Kier molecular flexibility index (Phi) is 2.82. The predicted molar refractivity (Wildman–Crippen MR) is 67.0 cm³/mol. The summed E-state index contributed by atoms with van der Waals surface area (Å²) in [6, 6.07) is 7.24. The summed E-state index contributed by atoms with van der Waals surface area (Å²) >= 11 is 12.0. The second-order valence-corrected chi connectivity index (χ2v) is 4.96. The lowest BCUT2D eigenvalue weighted by molar-refractivity contribution is 0.0788. The van der Waals surface area contributed by atoms with Crippen LogP contribution in [0.25, 0.3) is 10.9 Å². The molecule has 0 atom stereocenters. The van der Waals surface area contributed by atoms with E-state index in [9.17, 15) is 5.11 Å². The van der Waals surface area contributed by atoms with Crippen molar-refractivity contribution in [2.75, 3.05) is 0 Å². The largest absolute Gasteiger partial charge is 0.386 e. The normalized spacial score (nSPS) is 12.1. The maximum Gasteiger partial charge on any atom is 0.129 e. The lowest BCUT2D eigenvalue weighted by Gasteiger charge is -2.19. The first-order valence-electron chi connectivity index (χ1n) is 4.87. The van der Waals surface area contributed by atoms with Gasteiger partial charge in [-0.2, -0.15) is 0 Å². The fourth-order valence-electron chi connectivity index (χ4n) is 1.60. The van der Waals surface area contributed by atoms with Gasteiger partial charge in [-0.3, -0.25) is 0 Å². The second-order valence-electron chi connectivity index (χ2n) is 4.19. The highest BCUT2D eigenvalue weighted by molar-refractivity contribution is 6.36. The summed E-state index contributed by atoms with van der Waals surface area (Å²) in [4.78, 5) is 4.17. The van der Waals surface area contributed by atoms with Crippen molar-refractivity contribution in [2.45, 2.75) is 19.4 Å². The van der Waals surface area contributed by atoms with Gasteiger partial charge in [-0.05, 0) is 26.0 Å². The quantitative estimate of drug-likeness (QED) is 0.788. The van der Waals surface area contributed by atoms with Gasteiger partial charge in [0.05, 0.1) is 16.1 Å². The van der Waals surface area contributed by atoms with Gasteiger partial charge < -0.3 is 5.11 Å². The first-order valence-corrected chi connectivity index (χ1v) is 5.63. The number of pyridine rings is 1. The molecule has 0 aliphatic carbocycles. The van der Waals surface area contributed by atoms with E-state index in [0.717, 1.165) is 5.39 Å². The number of benzene rings is 1. The number of rotatable bonds is 1. The van der Waals surface area contributed by atoms with E-state index in [2.05, 4.69) is 4.98 Å². The Morgan fingerprint density at radius 1 is 1.12 bits per heavy atom. The van der Waals surface area contributed by atoms with Crippen molar-refractivity contribution in [3.63, 3.8) is 0 Å². The number of aliphatic hydroxyl groups is 1. The Balaban J connectivity index is 2.78. The first-order chi connectivity index (χ1) is 7.39. The number of fused-ring (bicyclic) bond motifs is 1. The van der Waals surface area contributed by atoms with Crippen LogP contribution in [-0.4, -0.2) is 10.1 Å². The summed E-state index contributed by atoms with van der Waals surface area (Å²) in [7, 11) is 0. The minimum atomic E-state index is -0.991. The zero-order valence-electron chi connectivity index (χ0n) is 8.96. The molecule has 0 saturated heterocycles. The summed E-state index contributed by atoms with van der Waals surface area (Å²) < 4.78 is 0. The number of aromatic nitrogens is 1. The van der Waals surface area contributed by atoms with Gasteiger partial charge in [0.2, 0.25) is 0 Å². The molecular formula is C12H11Cl2NO. The standard InChI is InChI=1S/C12H11Cl2NO/c1-12(2,16)8-5-3-7-4-6-9(13)15-11(7)10(8)14/h3-6,16H,1-2H3. The van der Waals surface area contributed by atoms with Crippen molar-refractivity contribution in [3.05, 3.63) is 40.0 Å². The van der Waals surface area contributed by atoms with Crippen molar-refractivity contribution in [2.24, 2.45) is 0 Å². The van der Waals surface area contributed by atoms with Gasteiger partial charge in [-0.1, -0.05) is 35.3 Å². The maximum atomic E-state index is 9.95. The van der Waals surface area contributed by atoms with Gasteiger partial charge >= 0.3 is 0 Å². The minimum Gasteiger partial charge on any atom is -0.386 e. The highest BCUT2D eigenvalue weighted by atomic mass is 35.5. The molecule has 16 heavy (non-hydrogen) atoms. The highest BCUT2D eigenvalue weighted by Crippen LogP contribution is 2.33. The molecule has 0 unspecified atom stereocenters. The molecule has 2 nitrogen and oxygen atoms in total. The van der Waals surface area contributed by atoms with E-state index in [-0.39, 0.29) is 0 Å². The summed E-state index contributed by atoms with van der Waals surface area (Å²) in [6.45, 7) is 3.37. The fraction of sp³-hybridized carbons (Fsp3) is 0.250. The third-order valence-electron chi connectivity index (χ3n) is 2.43. The predicted octanol–water partition coefficient (Wildman–Crippen LogP) is 3.77. The zero-order chi connectivity index (χ0) is 11.9. The molecule has 0 bridgehead atoms. The van der Waals surface area contributed by atoms with Crippen LogP contribution in [-0.2, 0) is 5.60 Å². The molecule has 1 aromatic heterocycles. The molecule has 0 fully saturated rings. The van der Waals surface area contributed by atoms with Gasteiger partial charge in [0.15, 0.2) is 0 Å². The van der Waals surface area contributed by atoms with Gasteiger partial charge in [-0.25, -0.2) is 4.98 Å². The van der Waals surface area contributed by atoms with Crippen molar-refractivity contribution in [1.82, 2.24) is 4.98 Å². The van der Waals surface area contributed by atoms with Gasteiger partial charge in [-0.15, -0.1) is 0 Å². The van der Waals surface area contributed by atoms with E-state index in [1.54, 1.807) is 26.0 Å². The van der Waals surface area contributed by atoms with E-state index in [1.165, 1.54) is 0 Å². The van der Waals surface area contributed by atoms with Crippen molar-refractivity contribution < 1.29 is 5.11 Å². The molecule has 1 N–H and O–H groups in total. The third kappa shape index (κ3) is 2.01. The molecule has 4 heteroatoms. The molecule has 2 aromatic rings. The van der Waals surface area contributed by atoms with E-state index in [1.807, 2.05) is 12.1 Å². The molecule has 2 rings (SSSR count). The van der Waals surface area contributed by atoms with Crippen molar-refractivity contribution in [1.29, 1.82) is 0 Å². The van der Waals surface area contributed by atoms with Crippen LogP contribution in [0, 0.1) is 0 Å². The third-order valence-corrected chi connectivity index (χ3v) is 3.02. The Bertz CT molecular complexity index is 546. The van der Waals surface area contributed by atoms with E-state index >= 15 is 0 Å². The van der Waals surface area contributed by atoms with Gasteiger partial charge in [0, 0.05) is 10.9 Å². The zero-order valence-corrected chi connectivity index (χ0v) is 10.5. The number of hydrogen-bond acceptors (Lipinski definition) is 2. The fourth-order valence-corrected chi connectivity index (χ4v) is 2.20. The van der Waals surface area contributed by atoms with E-state index < -0.39 is 5.60 Å². The van der Waals surface area contributed by atoms with Crippen molar-refractivity contribution in [3.8, 4) is 0 Å². The molecule has 0 aliphatic rings.